The fraction of sp³-hybridized carbons (Fsp3) is 0.195. The Bertz CT molecular complexity index is 2070. The van der Waals surface area contributed by atoms with Gasteiger partial charge in [0.25, 0.3) is 0 Å². The summed E-state index contributed by atoms with van der Waals surface area (Å²) >= 11 is 1.61. The average molecular weight is 714 g/mol. The number of benzene rings is 5. The molecule has 1 aliphatic rings. The number of aryl methyl sites for hydroxylation is 1. The van der Waals surface area contributed by atoms with Crippen LogP contribution < -0.4 is 15.4 Å². The summed E-state index contributed by atoms with van der Waals surface area (Å²) in [6.07, 6.45) is 1.48. The van der Waals surface area contributed by atoms with Gasteiger partial charge in [-0.15, -0.1) is 10.2 Å². The van der Waals surface area contributed by atoms with Gasteiger partial charge in [-0.05, 0) is 76.3 Å². The molecule has 3 N–H and O–H groups in total. The quantitative estimate of drug-likeness (QED) is 0.108. The van der Waals surface area contributed by atoms with E-state index in [9.17, 15) is 9.90 Å². The first-order valence-electron chi connectivity index (χ1n) is 17.0. The third-order valence-corrected chi connectivity index (χ3v) is 9.81. The number of rotatable bonds is 12. The minimum atomic E-state index is -0.589. The van der Waals surface area contributed by atoms with E-state index in [1.54, 1.807) is 30.2 Å². The van der Waals surface area contributed by atoms with Crippen molar-refractivity contribution in [1.82, 2.24) is 20.1 Å². The highest BCUT2D eigenvalue weighted by Gasteiger charge is 2.32. The molecule has 0 radical (unpaired) electrons. The van der Waals surface area contributed by atoms with Crippen molar-refractivity contribution in [1.29, 1.82) is 0 Å². The van der Waals surface area contributed by atoms with Crippen LogP contribution in [0.15, 0.2) is 139 Å². The highest BCUT2D eigenvalue weighted by molar-refractivity contribution is 7.99. The molecule has 7 rings (SSSR count). The summed E-state index contributed by atoms with van der Waals surface area (Å²) in [6, 6.07) is 40.7. The minimum absolute atomic E-state index is 0.00770. The van der Waals surface area contributed by atoms with E-state index in [1.807, 2.05) is 103 Å². The zero-order chi connectivity index (χ0) is 35.7. The van der Waals surface area contributed by atoms with Gasteiger partial charge in [-0.25, -0.2) is 4.79 Å². The Morgan fingerprint density at radius 2 is 1.60 bits per heavy atom. The molecule has 0 spiro atoms. The molecule has 10 nitrogen and oxygen atoms in total. The lowest BCUT2D eigenvalue weighted by Gasteiger charge is -2.36. The summed E-state index contributed by atoms with van der Waals surface area (Å²) < 4.78 is 20.9. The van der Waals surface area contributed by atoms with E-state index >= 15 is 0 Å². The normalized spacial score (nSPS) is 17.0. The van der Waals surface area contributed by atoms with Gasteiger partial charge in [0.15, 0.2) is 11.4 Å². The molecule has 5 aromatic carbocycles. The van der Waals surface area contributed by atoms with Gasteiger partial charge in [-0.1, -0.05) is 90.6 Å². The Morgan fingerprint density at radius 1 is 0.846 bits per heavy atom. The Kier molecular flexibility index (Phi) is 11.2. The molecule has 1 aliphatic heterocycles. The Hall–Kier alpha value is -5.46. The molecule has 264 valence electrons. The lowest BCUT2D eigenvalue weighted by molar-refractivity contribution is -0.245. The van der Waals surface area contributed by atoms with Crippen LogP contribution in [0.3, 0.4) is 0 Å². The first kappa shape index (κ1) is 35.0. The molecule has 1 aromatic heterocycles. The van der Waals surface area contributed by atoms with Crippen molar-refractivity contribution in [3.63, 3.8) is 0 Å². The van der Waals surface area contributed by atoms with Gasteiger partial charge in [0.05, 0.1) is 18.8 Å². The van der Waals surface area contributed by atoms with Gasteiger partial charge in [-0.2, -0.15) is 0 Å². The maximum atomic E-state index is 12.8. The number of hydrogen-bond acceptors (Lipinski definition) is 8. The monoisotopic (exact) mass is 713 g/mol. The highest BCUT2D eigenvalue weighted by atomic mass is 32.2. The molecular formula is C41H39N5O5S. The summed E-state index contributed by atoms with van der Waals surface area (Å²) in [5.74, 6) is 2.12. The van der Waals surface area contributed by atoms with Crippen LogP contribution in [-0.4, -0.2) is 37.8 Å². The lowest BCUT2D eigenvalue weighted by Crippen LogP contribution is -2.31. The highest BCUT2D eigenvalue weighted by Crippen LogP contribution is 2.40. The Balaban J connectivity index is 1.00. The number of aliphatic hydroxyl groups excluding tert-OH is 1. The van der Waals surface area contributed by atoms with E-state index in [1.165, 1.54) is 0 Å². The molecule has 0 saturated carbocycles. The van der Waals surface area contributed by atoms with E-state index in [0.29, 0.717) is 30.2 Å². The van der Waals surface area contributed by atoms with Crippen molar-refractivity contribution in [3.8, 4) is 22.6 Å². The molecule has 2 heterocycles. The standard InChI is InChI=1S/C41H39N5O5S/c1-46-27-43-45-41(46)52-26-37-23-38(30-15-13-28(25-47)14-16-30)51-39(50-37)33-10-6-9-32(22-33)31-8-5-7-29(21-31)24-42-40(48)44-34-17-19-36(20-18-34)49-35-11-3-2-4-12-35/h2-22,27,37-39,47H,23-26H2,1H3,(H2,42,44,48)/t37-,38+,39+/m0/s1. The van der Waals surface area contributed by atoms with E-state index in [-0.39, 0.29) is 24.8 Å². The number of carbonyl (C=O) groups excluding carboxylic acids is 1. The van der Waals surface area contributed by atoms with Crippen LogP contribution in [0.25, 0.3) is 11.1 Å². The molecule has 0 aliphatic carbocycles. The number of aromatic nitrogens is 3. The smallest absolute Gasteiger partial charge is 0.319 e. The van der Waals surface area contributed by atoms with Crippen LogP contribution >= 0.6 is 11.8 Å². The van der Waals surface area contributed by atoms with Crippen LogP contribution in [0.5, 0.6) is 11.5 Å². The molecule has 0 bridgehead atoms. The Labute approximate surface area is 306 Å². The third-order valence-electron chi connectivity index (χ3n) is 8.65. The number of urea groups is 1. The maximum absolute atomic E-state index is 12.8. The summed E-state index contributed by atoms with van der Waals surface area (Å²) in [5.41, 5.74) is 6.44. The first-order valence-corrected chi connectivity index (χ1v) is 18.0. The van der Waals surface area contributed by atoms with Crippen molar-refractivity contribution in [2.45, 2.75) is 43.2 Å². The zero-order valence-electron chi connectivity index (χ0n) is 28.6. The van der Waals surface area contributed by atoms with Crippen molar-refractivity contribution in [3.05, 3.63) is 156 Å². The van der Waals surface area contributed by atoms with Crippen molar-refractivity contribution >= 4 is 23.5 Å². The number of anilines is 1. The van der Waals surface area contributed by atoms with Crippen LogP contribution in [0, 0.1) is 0 Å². The lowest BCUT2D eigenvalue weighted by atomic mass is 9.99. The number of nitrogens with one attached hydrogen (secondary N) is 2. The average Bonchev–Trinajstić information content (AvgIpc) is 3.61. The number of amides is 2. The van der Waals surface area contributed by atoms with Crippen LogP contribution in [-0.2, 0) is 29.7 Å². The number of hydrogen-bond donors (Lipinski definition) is 3. The first-order chi connectivity index (χ1) is 25.5. The van der Waals surface area contributed by atoms with Gasteiger partial charge in [0.2, 0.25) is 0 Å². The summed E-state index contributed by atoms with van der Waals surface area (Å²) in [7, 11) is 1.93. The second-order valence-electron chi connectivity index (χ2n) is 12.5. The predicted octanol–water partition coefficient (Wildman–Crippen LogP) is 8.43. The third kappa shape index (κ3) is 9.06. The number of thioether (sulfide) groups is 1. The fourth-order valence-corrected chi connectivity index (χ4v) is 6.81. The summed E-state index contributed by atoms with van der Waals surface area (Å²) in [6.45, 7) is 0.345. The topological polar surface area (TPSA) is 120 Å². The molecule has 1 saturated heterocycles. The Morgan fingerprint density at radius 3 is 2.35 bits per heavy atom. The maximum Gasteiger partial charge on any atom is 0.319 e. The number of nitrogens with zero attached hydrogens (tertiary/aromatic N) is 3. The predicted molar refractivity (Wildman–Crippen MR) is 201 cm³/mol. The summed E-state index contributed by atoms with van der Waals surface area (Å²) in [5, 5.41) is 24.4. The number of para-hydroxylation sites is 1. The van der Waals surface area contributed by atoms with Gasteiger partial charge in [0.1, 0.15) is 17.8 Å². The fourth-order valence-electron chi connectivity index (χ4n) is 5.91. The second-order valence-corrected chi connectivity index (χ2v) is 13.4. The minimum Gasteiger partial charge on any atom is -0.457 e. The second kappa shape index (κ2) is 16.7. The molecule has 6 aromatic rings. The van der Waals surface area contributed by atoms with Crippen LogP contribution in [0.1, 0.15) is 41.1 Å². The van der Waals surface area contributed by atoms with Crippen molar-refractivity contribution in [2.24, 2.45) is 7.05 Å². The molecule has 52 heavy (non-hydrogen) atoms. The van der Waals surface area contributed by atoms with Gasteiger partial charge in [0, 0.05) is 37.0 Å². The van der Waals surface area contributed by atoms with Crippen LogP contribution in [0.2, 0.25) is 0 Å². The number of ether oxygens (including phenoxy) is 3. The molecule has 3 atom stereocenters. The van der Waals surface area contributed by atoms with E-state index in [2.05, 4.69) is 45.1 Å². The van der Waals surface area contributed by atoms with E-state index in [0.717, 1.165) is 44.3 Å². The van der Waals surface area contributed by atoms with Gasteiger partial charge >= 0.3 is 6.03 Å². The molecule has 2 amide bonds. The van der Waals surface area contributed by atoms with Gasteiger partial charge in [-0.3, -0.25) is 0 Å². The van der Waals surface area contributed by atoms with Crippen LogP contribution in [0.4, 0.5) is 10.5 Å². The summed E-state index contributed by atoms with van der Waals surface area (Å²) in [4.78, 5) is 12.8. The van der Waals surface area contributed by atoms with E-state index < -0.39 is 6.29 Å². The number of aliphatic hydroxyl groups is 1. The molecule has 1 fully saturated rings. The molecule has 0 unspecified atom stereocenters. The SMILES string of the molecule is Cn1cnnc1SC[C@@H]1C[C@H](c2ccc(CO)cc2)O[C@H](c2cccc(-c3cccc(CNC(=O)Nc4ccc(Oc5ccccc5)cc4)c3)c2)O1. The molecule has 11 heteroatoms. The van der Waals surface area contributed by atoms with Gasteiger partial charge < -0.3 is 34.5 Å². The zero-order valence-corrected chi connectivity index (χ0v) is 29.4. The van der Waals surface area contributed by atoms with E-state index in [4.69, 9.17) is 14.2 Å². The molecular weight excluding hydrogens is 675 g/mol. The largest absolute Gasteiger partial charge is 0.457 e. The van der Waals surface area contributed by atoms with Crippen molar-refractivity contribution < 1.29 is 24.1 Å². The van der Waals surface area contributed by atoms with Crippen molar-refractivity contribution in [2.75, 3.05) is 11.1 Å². The number of carbonyl (C=O) groups is 1.